The fourth-order valence-corrected chi connectivity index (χ4v) is 3.01. The van der Waals surface area contributed by atoms with Gasteiger partial charge in [-0.1, -0.05) is 30.3 Å². The molecule has 148 valence electrons. The molecule has 0 aliphatic carbocycles. The highest BCUT2D eigenvalue weighted by Gasteiger charge is 2.16. The third kappa shape index (κ3) is 4.66. The van der Waals surface area contributed by atoms with Crippen molar-refractivity contribution in [3.05, 3.63) is 66.2 Å². The van der Waals surface area contributed by atoms with Gasteiger partial charge in [-0.15, -0.1) is 0 Å². The normalized spacial score (nSPS) is 12.8. The predicted molar refractivity (Wildman–Crippen MR) is 107 cm³/mol. The van der Waals surface area contributed by atoms with Gasteiger partial charge in [-0.3, -0.25) is 4.79 Å². The molecule has 0 bridgehead atoms. The van der Waals surface area contributed by atoms with Gasteiger partial charge in [0, 0.05) is 12.0 Å². The maximum absolute atomic E-state index is 12.3. The first-order valence-electron chi connectivity index (χ1n) is 9.39. The molecule has 0 fully saturated rings. The lowest BCUT2D eigenvalue weighted by Crippen LogP contribution is -2.19. The van der Waals surface area contributed by atoms with Crippen molar-refractivity contribution in [3.63, 3.8) is 0 Å². The molecular formula is C23H20O6. The lowest BCUT2D eigenvalue weighted by Gasteiger charge is -2.10. The number of esters is 1. The van der Waals surface area contributed by atoms with Gasteiger partial charge in [-0.25, -0.2) is 4.79 Å². The minimum absolute atomic E-state index is 0.271. The number of ketones is 1. The Labute approximate surface area is 167 Å². The average molecular weight is 392 g/mol. The topological polar surface area (TPSA) is 71.1 Å². The van der Waals surface area contributed by atoms with E-state index < -0.39 is 5.97 Å². The molecule has 0 amide bonds. The van der Waals surface area contributed by atoms with Crippen LogP contribution in [0.15, 0.2) is 60.7 Å². The fourth-order valence-electron chi connectivity index (χ4n) is 3.01. The van der Waals surface area contributed by atoms with Gasteiger partial charge < -0.3 is 18.9 Å². The summed E-state index contributed by atoms with van der Waals surface area (Å²) < 4.78 is 21.7. The summed E-state index contributed by atoms with van der Waals surface area (Å²) in [6, 6.07) is 18.4. The number of rotatable bonds is 6. The van der Waals surface area contributed by atoms with Crippen LogP contribution in [-0.2, 0) is 9.53 Å². The lowest BCUT2D eigenvalue weighted by atomic mass is 10.1. The van der Waals surface area contributed by atoms with E-state index in [0.717, 1.165) is 17.2 Å². The number of fused-ring (bicyclic) bond motifs is 2. The number of ether oxygens (including phenoxy) is 4. The van der Waals surface area contributed by atoms with Gasteiger partial charge in [0.2, 0.25) is 0 Å². The molecule has 6 heteroatoms. The smallest absolute Gasteiger partial charge is 0.344 e. The third-order valence-corrected chi connectivity index (χ3v) is 4.51. The van der Waals surface area contributed by atoms with Crippen LogP contribution in [0.1, 0.15) is 16.8 Å². The zero-order chi connectivity index (χ0) is 20.1. The van der Waals surface area contributed by atoms with E-state index in [1.807, 2.05) is 36.4 Å². The maximum Gasteiger partial charge on any atom is 0.344 e. The summed E-state index contributed by atoms with van der Waals surface area (Å²) in [6.07, 6.45) is 0.785. The molecule has 0 aromatic heterocycles. The molecule has 0 unspecified atom stereocenters. The van der Waals surface area contributed by atoms with Gasteiger partial charge in [0.05, 0.1) is 13.2 Å². The van der Waals surface area contributed by atoms with Crippen LogP contribution in [0.3, 0.4) is 0 Å². The highest BCUT2D eigenvalue weighted by molar-refractivity contribution is 5.98. The Balaban J connectivity index is 1.29. The van der Waals surface area contributed by atoms with Gasteiger partial charge in [0.25, 0.3) is 0 Å². The third-order valence-electron chi connectivity index (χ3n) is 4.51. The Kier molecular flexibility index (Phi) is 5.61. The Morgan fingerprint density at radius 2 is 1.62 bits per heavy atom. The van der Waals surface area contributed by atoms with E-state index in [0.29, 0.717) is 36.0 Å². The van der Waals surface area contributed by atoms with Crippen LogP contribution in [0, 0.1) is 0 Å². The van der Waals surface area contributed by atoms with Gasteiger partial charge in [-0.2, -0.15) is 0 Å². The number of hydrogen-bond donors (Lipinski definition) is 0. The molecule has 0 spiro atoms. The van der Waals surface area contributed by atoms with E-state index in [9.17, 15) is 9.59 Å². The Bertz CT molecular complexity index is 1040. The molecule has 29 heavy (non-hydrogen) atoms. The molecule has 6 nitrogen and oxygen atoms in total. The number of benzene rings is 3. The van der Waals surface area contributed by atoms with Gasteiger partial charge in [0.1, 0.15) is 5.75 Å². The zero-order valence-electron chi connectivity index (χ0n) is 15.8. The monoisotopic (exact) mass is 392 g/mol. The second kappa shape index (κ2) is 8.65. The first kappa shape index (κ1) is 18.8. The molecule has 1 aliphatic heterocycles. The van der Waals surface area contributed by atoms with E-state index in [1.165, 1.54) is 0 Å². The van der Waals surface area contributed by atoms with E-state index >= 15 is 0 Å². The minimum Gasteiger partial charge on any atom is -0.490 e. The molecule has 1 aliphatic rings. The summed E-state index contributed by atoms with van der Waals surface area (Å²) in [4.78, 5) is 24.3. The van der Waals surface area contributed by atoms with Crippen molar-refractivity contribution in [2.45, 2.75) is 6.42 Å². The summed E-state index contributed by atoms with van der Waals surface area (Å²) in [6.45, 7) is 0.479. The molecular weight excluding hydrogens is 372 g/mol. The maximum atomic E-state index is 12.3. The van der Waals surface area contributed by atoms with E-state index in [1.54, 1.807) is 24.3 Å². The van der Waals surface area contributed by atoms with Crippen LogP contribution in [0.25, 0.3) is 10.8 Å². The summed E-state index contributed by atoms with van der Waals surface area (Å²) in [7, 11) is 0. The number of Topliss-reactive ketones (excluding diaryl/α,β-unsaturated/α-hetero) is 1. The van der Waals surface area contributed by atoms with Crippen molar-refractivity contribution in [1.82, 2.24) is 0 Å². The molecule has 0 radical (unpaired) electrons. The van der Waals surface area contributed by atoms with Gasteiger partial charge in [-0.05, 0) is 41.1 Å². The molecule has 4 rings (SSSR count). The minimum atomic E-state index is -0.610. The van der Waals surface area contributed by atoms with Crippen molar-refractivity contribution in [2.24, 2.45) is 0 Å². The quantitative estimate of drug-likeness (QED) is 0.469. The fraction of sp³-hybridized carbons (Fsp3) is 0.217. The first-order valence-corrected chi connectivity index (χ1v) is 9.39. The van der Waals surface area contributed by atoms with E-state index in [2.05, 4.69) is 0 Å². The molecule has 3 aromatic carbocycles. The zero-order valence-corrected chi connectivity index (χ0v) is 15.8. The Hall–Kier alpha value is -3.54. The van der Waals surface area contributed by atoms with Gasteiger partial charge >= 0.3 is 5.97 Å². The molecule has 0 N–H and O–H groups in total. The van der Waals surface area contributed by atoms with Crippen LogP contribution in [-0.4, -0.2) is 38.2 Å². The molecule has 3 aromatic rings. The largest absolute Gasteiger partial charge is 0.490 e. The predicted octanol–water partition coefficient (Wildman–Crippen LogP) is 3.81. The second-order valence-electron chi connectivity index (χ2n) is 6.59. The van der Waals surface area contributed by atoms with Crippen LogP contribution < -0.4 is 14.2 Å². The standard InChI is InChI=1S/C23H20O6/c24-20(18-7-9-21-22(13-18)27-11-3-10-26-21)14-29-23(25)15-28-19-8-6-16-4-1-2-5-17(16)12-19/h1-2,4-9,12-13H,3,10-11,14-15H2. The van der Waals surface area contributed by atoms with Crippen molar-refractivity contribution in [2.75, 3.05) is 26.4 Å². The number of carbonyl (C=O) groups excluding carboxylic acids is 2. The molecule has 0 atom stereocenters. The summed E-state index contributed by atoms with van der Waals surface area (Å²) in [5.74, 6) is 0.773. The number of carbonyl (C=O) groups is 2. The summed E-state index contributed by atoms with van der Waals surface area (Å²) in [5.41, 5.74) is 0.400. The van der Waals surface area contributed by atoms with Crippen LogP contribution in [0.5, 0.6) is 17.2 Å². The highest BCUT2D eigenvalue weighted by Crippen LogP contribution is 2.30. The van der Waals surface area contributed by atoms with E-state index in [-0.39, 0.29) is 19.0 Å². The van der Waals surface area contributed by atoms with Crippen molar-refractivity contribution in [1.29, 1.82) is 0 Å². The Morgan fingerprint density at radius 1 is 0.828 bits per heavy atom. The molecule has 0 saturated heterocycles. The van der Waals surface area contributed by atoms with Crippen molar-refractivity contribution >= 4 is 22.5 Å². The van der Waals surface area contributed by atoms with Crippen LogP contribution in [0.2, 0.25) is 0 Å². The van der Waals surface area contributed by atoms with Crippen LogP contribution in [0.4, 0.5) is 0 Å². The lowest BCUT2D eigenvalue weighted by molar-refractivity contribution is -0.144. The number of hydrogen-bond acceptors (Lipinski definition) is 6. The average Bonchev–Trinajstić information content (AvgIpc) is 3.00. The van der Waals surface area contributed by atoms with Gasteiger partial charge in [0.15, 0.2) is 30.5 Å². The SMILES string of the molecule is O=C(COc1ccc2ccccc2c1)OCC(=O)c1ccc2c(c1)OCCCO2. The second-order valence-corrected chi connectivity index (χ2v) is 6.59. The van der Waals surface area contributed by atoms with Crippen LogP contribution >= 0.6 is 0 Å². The first-order chi connectivity index (χ1) is 14.2. The van der Waals surface area contributed by atoms with Crippen molar-refractivity contribution < 1.29 is 28.5 Å². The molecule has 0 saturated carbocycles. The summed E-state index contributed by atoms with van der Waals surface area (Å²) in [5, 5.41) is 2.10. The Morgan fingerprint density at radius 3 is 2.48 bits per heavy atom. The van der Waals surface area contributed by atoms with Crippen molar-refractivity contribution in [3.8, 4) is 17.2 Å². The highest BCUT2D eigenvalue weighted by atomic mass is 16.6. The molecule has 1 heterocycles. The summed E-state index contributed by atoms with van der Waals surface area (Å²) >= 11 is 0. The van der Waals surface area contributed by atoms with E-state index in [4.69, 9.17) is 18.9 Å².